The van der Waals surface area contributed by atoms with Gasteiger partial charge in [0.2, 0.25) is 0 Å². The van der Waals surface area contributed by atoms with E-state index >= 15 is 0 Å². The van der Waals surface area contributed by atoms with Crippen LogP contribution in [0.5, 0.6) is 0 Å². The molecule has 2 aromatic rings. The van der Waals surface area contributed by atoms with Gasteiger partial charge >= 0.3 is 5.97 Å². The lowest BCUT2D eigenvalue weighted by molar-refractivity contribution is -0.139. The number of likely N-dealkylation sites (N-methyl/N-ethyl adjacent to an activating group) is 1. The van der Waals surface area contributed by atoms with E-state index in [4.69, 9.17) is 5.11 Å². The molecular formula is C13H14N2O2. The molecule has 0 spiro atoms. The van der Waals surface area contributed by atoms with Crippen molar-refractivity contribution in [2.75, 3.05) is 7.05 Å². The summed E-state index contributed by atoms with van der Waals surface area (Å²) in [5.41, 5.74) is 0.949. The van der Waals surface area contributed by atoms with Gasteiger partial charge in [-0.25, -0.2) is 0 Å². The van der Waals surface area contributed by atoms with Crippen LogP contribution >= 0.6 is 0 Å². The zero-order chi connectivity index (χ0) is 12.3. The summed E-state index contributed by atoms with van der Waals surface area (Å²) in [4.78, 5) is 15.1. The van der Waals surface area contributed by atoms with Crippen LogP contribution in [0.1, 0.15) is 5.56 Å². The molecule has 0 saturated carbocycles. The lowest BCUT2D eigenvalue weighted by Crippen LogP contribution is -2.35. The highest BCUT2D eigenvalue weighted by Crippen LogP contribution is 2.18. The fourth-order valence-electron chi connectivity index (χ4n) is 1.87. The highest BCUT2D eigenvalue weighted by atomic mass is 16.4. The van der Waals surface area contributed by atoms with Gasteiger partial charge in [-0.05, 0) is 18.0 Å². The number of carbonyl (C=O) groups is 1. The van der Waals surface area contributed by atoms with Crippen LogP contribution in [0.15, 0.2) is 36.7 Å². The predicted octanol–water partition coefficient (Wildman–Crippen LogP) is 1.45. The van der Waals surface area contributed by atoms with Crippen LogP contribution in [-0.4, -0.2) is 29.1 Å². The summed E-state index contributed by atoms with van der Waals surface area (Å²) in [5.74, 6) is -0.847. The van der Waals surface area contributed by atoms with E-state index in [1.54, 1.807) is 19.4 Å². The summed E-state index contributed by atoms with van der Waals surface area (Å²) in [6.45, 7) is 0. The molecule has 2 rings (SSSR count). The molecule has 1 atom stereocenters. The molecule has 0 aliphatic heterocycles. The van der Waals surface area contributed by atoms with E-state index in [0.29, 0.717) is 6.42 Å². The van der Waals surface area contributed by atoms with Crippen molar-refractivity contribution in [1.29, 1.82) is 0 Å². The summed E-state index contributed by atoms with van der Waals surface area (Å²) in [6, 6.07) is 7.27. The van der Waals surface area contributed by atoms with E-state index in [-0.39, 0.29) is 0 Å². The van der Waals surface area contributed by atoms with Crippen LogP contribution in [0.25, 0.3) is 10.8 Å². The Morgan fingerprint density at radius 2 is 2.18 bits per heavy atom. The van der Waals surface area contributed by atoms with E-state index in [9.17, 15) is 4.79 Å². The Labute approximate surface area is 99.3 Å². The minimum Gasteiger partial charge on any atom is -0.480 e. The SMILES string of the molecule is CN[C@@H](Cc1cncc2ccccc12)C(=O)O. The first kappa shape index (κ1) is 11.5. The second-order valence-electron chi connectivity index (χ2n) is 3.90. The average molecular weight is 230 g/mol. The Hall–Kier alpha value is -1.94. The topological polar surface area (TPSA) is 62.2 Å². The zero-order valence-electron chi connectivity index (χ0n) is 9.55. The molecule has 0 unspecified atom stereocenters. The minimum atomic E-state index is -0.847. The molecule has 0 aliphatic rings. The number of benzene rings is 1. The molecule has 0 amide bonds. The number of hydrogen-bond acceptors (Lipinski definition) is 3. The number of pyridine rings is 1. The molecule has 1 aromatic carbocycles. The van der Waals surface area contributed by atoms with E-state index in [1.165, 1.54) is 0 Å². The number of carboxylic acid groups (broad SMARTS) is 1. The molecule has 0 bridgehead atoms. The van der Waals surface area contributed by atoms with Crippen LogP contribution in [0.4, 0.5) is 0 Å². The van der Waals surface area contributed by atoms with Crippen LogP contribution in [0, 0.1) is 0 Å². The second-order valence-corrected chi connectivity index (χ2v) is 3.90. The van der Waals surface area contributed by atoms with Crippen molar-refractivity contribution in [2.24, 2.45) is 0 Å². The number of hydrogen-bond donors (Lipinski definition) is 2. The molecule has 0 fully saturated rings. The number of carboxylic acids is 1. The van der Waals surface area contributed by atoms with E-state index in [1.807, 2.05) is 24.3 Å². The van der Waals surface area contributed by atoms with Gasteiger partial charge in [-0.1, -0.05) is 24.3 Å². The first-order chi connectivity index (χ1) is 8.22. The van der Waals surface area contributed by atoms with Crippen molar-refractivity contribution in [1.82, 2.24) is 10.3 Å². The minimum absolute atomic E-state index is 0.431. The molecule has 1 heterocycles. The van der Waals surface area contributed by atoms with Crippen molar-refractivity contribution in [3.8, 4) is 0 Å². The molecule has 0 aliphatic carbocycles. The Morgan fingerprint density at radius 3 is 2.88 bits per heavy atom. The number of rotatable bonds is 4. The van der Waals surface area contributed by atoms with Gasteiger partial charge in [0, 0.05) is 24.2 Å². The maximum Gasteiger partial charge on any atom is 0.321 e. The molecule has 2 N–H and O–H groups in total. The summed E-state index contributed by atoms with van der Waals surface area (Å²) in [7, 11) is 1.65. The lowest BCUT2D eigenvalue weighted by Gasteiger charge is -2.12. The normalized spacial score (nSPS) is 12.5. The quantitative estimate of drug-likeness (QED) is 0.834. The number of nitrogens with zero attached hydrogens (tertiary/aromatic N) is 1. The standard InChI is InChI=1S/C13H14N2O2/c1-14-12(13(16)17)6-10-8-15-7-9-4-2-3-5-11(9)10/h2-5,7-8,12,14H,6H2,1H3,(H,16,17)/t12-/m0/s1. The Bertz CT molecular complexity index is 534. The predicted molar refractivity (Wildman–Crippen MR) is 65.9 cm³/mol. The third kappa shape index (κ3) is 2.42. The highest BCUT2D eigenvalue weighted by Gasteiger charge is 2.16. The fraction of sp³-hybridized carbons (Fsp3) is 0.231. The van der Waals surface area contributed by atoms with E-state index < -0.39 is 12.0 Å². The van der Waals surface area contributed by atoms with Gasteiger partial charge in [0.1, 0.15) is 6.04 Å². The Balaban J connectivity index is 2.38. The molecule has 88 valence electrons. The monoisotopic (exact) mass is 230 g/mol. The molecule has 17 heavy (non-hydrogen) atoms. The van der Waals surface area contributed by atoms with Crippen molar-refractivity contribution in [3.05, 3.63) is 42.2 Å². The third-order valence-corrected chi connectivity index (χ3v) is 2.82. The summed E-state index contributed by atoms with van der Waals surface area (Å²) in [5, 5.41) is 13.9. The molecular weight excluding hydrogens is 216 g/mol. The molecule has 4 nitrogen and oxygen atoms in total. The first-order valence-corrected chi connectivity index (χ1v) is 5.44. The first-order valence-electron chi connectivity index (χ1n) is 5.44. The van der Waals surface area contributed by atoms with Crippen LogP contribution in [0.2, 0.25) is 0 Å². The summed E-state index contributed by atoms with van der Waals surface area (Å²) in [6.07, 6.45) is 3.95. The third-order valence-electron chi connectivity index (χ3n) is 2.82. The lowest BCUT2D eigenvalue weighted by atomic mass is 10.0. The van der Waals surface area contributed by atoms with Gasteiger partial charge in [-0.3, -0.25) is 9.78 Å². The van der Waals surface area contributed by atoms with Crippen molar-refractivity contribution in [2.45, 2.75) is 12.5 Å². The van der Waals surface area contributed by atoms with Gasteiger partial charge in [-0.2, -0.15) is 0 Å². The number of aromatic nitrogens is 1. The van der Waals surface area contributed by atoms with Gasteiger partial charge in [0.15, 0.2) is 0 Å². The maximum absolute atomic E-state index is 11.0. The highest BCUT2D eigenvalue weighted by molar-refractivity contribution is 5.85. The van der Waals surface area contributed by atoms with Crippen LogP contribution in [0.3, 0.4) is 0 Å². The smallest absolute Gasteiger partial charge is 0.321 e. The van der Waals surface area contributed by atoms with E-state index in [2.05, 4.69) is 10.3 Å². The Kier molecular flexibility index (Phi) is 3.35. The fourth-order valence-corrected chi connectivity index (χ4v) is 1.87. The van der Waals surface area contributed by atoms with Crippen molar-refractivity contribution < 1.29 is 9.90 Å². The zero-order valence-corrected chi connectivity index (χ0v) is 9.55. The van der Waals surface area contributed by atoms with Gasteiger partial charge in [0.05, 0.1) is 0 Å². The summed E-state index contributed by atoms with van der Waals surface area (Å²) >= 11 is 0. The molecule has 0 saturated heterocycles. The largest absolute Gasteiger partial charge is 0.480 e. The summed E-state index contributed by atoms with van der Waals surface area (Å²) < 4.78 is 0. The van der Waals surface area contributed by atoms with Gasteiger partial charge in [0.25, 0.3) is 0 Å². The molecule has 0 radical (unpaired) electrons. The molecule has 1 aromatic heterocycles. The number of aliphatic carboxylic acids is 1. The number of fused-ring (bicyclic) bond motifs is 1. The van der Waals surface area contributed by atoms with Crippen molar-refractivity contribution in [3.63, 3.8) is 0 Å². The Morgan fingerprint density at radius 1 is 1.41 bits per heavy atom. The molecule has 4 heteroatoms. The van der Waals surface area contributed by atoms with Crippen LogP contribution in [-0.2, 0) is 11.2 Å². The van der Waals surface area contributed by atoms with Crippen molar-refractivity contribution >= 4 is 16.7 Å². The van der Waals surface area contributed by atoms with Gasteiger partial charge in [-0.15, -0.1) is 0 Å². The van der Waals surface area contributed by atoms with E-state index in [0.717, 1.165) is 16.3 Å². The average Bonchev–Trinajstić information content (AvgIpc) is 2.35. The second kappa shape index (κ2) is 4.93. The number of nitrogens with one attached hydrogen (secondary N) is 1. The van der Waals surface area contributed by atoms with Gasteiger partial charge < -0.3 is 10.4 Å². The van der Waals surface area contributed by atoms with Crippen LogP contribution < -0.4 is 5.32 Å². The maximum atomic E-state index is 11.0.